The van der Waals surface area contributed by atoms with E-state index in [2.05, 4.69) is 19.1 Å². The third-order valence-corrected chi connectivity index (χ3v) is 4.03. The molecule has 2 rings (SSSR count). The van der Waals surface area contributed by atoms with E-state index in [9.17, 15) is 5.11 Å². The minimum absolute atomic E-state index is 0.0331. The zero-order chi connectivity index (χ0) is 12.3. The third kappa shape index (κ3) is 3.03. The molecule has 0 saturated heterocycles. The molecule has 1 N–H and O–H groups in total. The highest BCUT2D eigenvalue weighted by Crippen LogP contribution is 2.34. The van der Waals surface area contributed by atoms with Crippen LogP contribution in [0.4, 0.5) is 0 Å². The molecule has 0 spiro atoms. The van der Waals surface area contributed by atoms with Gasteiger partial charge in [0, 0.05) is 14.8 Å². The third-order valence-electron chi connectivity index (χ3n) is 2.51. The Balaban J connectivity index is 2.35. The predicted molar refractivity (Wildman–Crippen MR) is 72.7 cm³/mol. The van der Waals surface area contributed by atoms with Gasteiger partial charge in [-0.3, -0.25) is 0 Å². The van der Waals surface area contributed by atoms with Crippen molar-refractivity contribution >= 4 is 23.4 Å². The van der Waals surface area contributed by atoms with E-state index in [-0.39, 0.29) is 6.61 Å². The van der Waals surface area contributed by atoms with Crippen molar-refractivity contribution in [2.75, 3.05) is 0 Å². The van der Waals surface area contributed by atoms with Crippen LogP contribution in [0.15, 0.2) is 52.3 Å². The summed E-state index contributed by atoms with van der Waals surface area (Å²) in [5.74, 6) is 0. The molecular formula is C14H13ClOS. The Morgan fingerprint density at radius 3 is 2.59 bits per heavy atom. The summed E-state index contributed by atoms with van der Waals surface area (Å²) >= 11 is 7.62. The second-order valence-corrected chi connectivity index (χ2v) is 5.30. The maximum atomic E-state index is 9.30. The Morgan fingerprint density at radius 2 is 1.88 bits per heavy atom. The SMILES string of the molecule is Cc1ccccc1Sc1cc(Cl)ccc1CO. The second-order valence-electron chi connectivity index (χ2n) is 3.78. The van der Waals surface area contributed by atoms with Crippen molar-refractivity contribution in [3.8, 4) is 0 Å². The highest BCUT2D eigenvalue weighted by molar-refractivity contribution is 7.99. The van der Waals surface area contributed by atoms with Crippen molar-refractivity contribution in [2.45, 2.75) is 23.3 Å². The fourth-order valence-electron chi connectivity index (χ4n) is 1.54. The van der Waals surface area contributed by atoms with E-state index in [1.54, 1.807) is 17.8 Å². The van der Waals surface area contributed by atoms with Crippen LogP contribution in [0, 0.1) is 6.92 Å². The molecule has 0 amide bonds. The standard InChI is InChI=1S/C14H13ClOS/c1-10-4-2-3-5-13(10)17-14-8-12(15)7-6-11(14)9-16/h2-8,16H,9H2,1H3. The van der Waals surface area contributed by atoms with Crippen LogP contribution >= 0.6 is 23.4 Å². The number of halogens is 1. The lowest BCUT2D eigenvalue weighted by atomic mass is 10.2. The van der Waals surface area contributed by atoms with Gasteiger partial charge >= 0.3 is 0 Å². The van der Waals surface area contributed by atoms with Gasteiger partial charge in [0.2, 0.25) is 0 Å². The molecule has 0 bridgehead atoms. The maximum absolute atomic E-state index is 9.30. The highest BCUT2D eigenvalue weighted by atomic mass is 35.5. The molecule has 0 unspecified atom stereocenters. The fourth-order valence-corrected chi connectivity index (χ4v) is 2.84. The molecule has 0 fully saturated rings. The molecule has 1 nitrogen and oxygen atoms in total. The van der Waals surface area contributed by atoms with Crippen molar-refractivity contribution < 1.29 is 5.11 Å². The lowest BCUT2D eigenvalue weighted by molar-refractivity contribution is 0.279. The maximum Gasteiger partial charge on any atom is 0.0692 e. The van der Waals surface area contributed by atoms with Crippen LogP contribution in [0.25, 0.3) is 0 Å². The van der Waals surface area contributed by atoms with Gasteiger partial charge in [0.25, 0.3) is 0 Å². The van der Waals surface area contributed by atoms with Gasteiger partial charge in [-0.1, -0.05) is 47.6 Å². The monoisotopic (exact) mass is 264 g/mol. The smallest absolute Gasteiger partial charge is 0.0692 e. The normalized spacial score (nSPS) is 10.5. The first-order valence-corrected chi connectivity index (χ1v) is 6.53. The van der Waals surface area contributed by atoms with Crippen molar-refractivity contribution in [3.63, 3.8) is 0 Å². The molecule has 0 aliphatic carbocycles. The van der Waals surface area contributed by atoms with Crippen LogP contribution < -0.4 is 0 Å². The Morgan fingerprint density at radius 1 is 1.12 bits per heavy atom. The minimum Gasteiger partial charge on any atom is -0.392 e. The largest absolute Gasteiger partial charge is 0.392 e. The average Bonchev–Trinajstić information content (AvgIpc) is 2.32. The molecule has 0 aliphatic heterocycles. The zero-order valence-corrected chi connectivity index (χ0v) is 11.1. The van der Waals surface area contributed by atoms with E-state index >= 15 is 0 Å². The number of rotatable bonds is 3. The van der Waals surface area contributed by atoms with E-state index in [1.807, 2.05) is 24.3 Å². The summed E-state index contributed by atoms with van der Waals surface area (Å²) in [6.07, 6.45) is 0. The molecule has 2 aromatic rings. The molecule has 0 radical (unpaired) electrons. The van der Waals surface area contributed by atoms with Crippen LogP contribution in [0.3, 0.4) is 0 Å². The first-order valence-electron chi connectivity index (χ1n) is 5.33. The van der Waals surface area contributed by atoms with Crippen LogP contribution in [0.2, 0.25) is 5.02 Å². The first kappa shape index (κ1) is 12.5. The Bertz CT molecular complexity index is 525. The Kier molecular flexibility index (Phi) is 4.11. The number of hydrogen-bond donors (Lipinski definition) is 1. The number of aliphatic hydroxyl groups is 1. The number of aryl methyl sites for hydroxylation is 1. The van der Waals surface area contributed by atoms with Gasteiger partial charge in [0.1, 0.15) is 0 Å². The van der Waals surface area contributed by atoms with Gasteiger partial charge in [0.05, 0.1) is 6.61 Å². The quantitative estimate of drug-likeness (QED) is 0.892. The molecule has 0 heterocycles. The summed E-state index contributed by atoms with van der Waals surface area (Å²) in [6, 6.07) is 13.7. The first-order chi connectivity index (χ1) is 8.20. The number of aliphatic hydroxyl groups excluding tert-OH is 1. The summed E-state index contributed by atoms with van der Waals surface area (Å²) in [5.41, 5.74) is 2.13. The summed E-state index contributed by atoms with van der Waals surface area (Å²) < 4.78 is 0. The summed E-state index contributed by atoms with van der Waals surface area (Å²) in [4.78, 5) is 2.19. The molecule has 0 aromatic heterocycles. The average molecular weight is 265 g/mol. The van der Waals surface area contributed by atoms with E-state index in [4.69, 9.17) is 11.6 Å². The highest BCUT2D eigenvalue weighted by Gasteiger charge is 2.06. The van der Waals surface area contributed by atoms with E-state index in [1.165, 1.54) is 10.5 Å². The zero-order valence-electron chi connectivity index (χ0n) is 9.48. The topological polar surface area (TPSA) is 20.2 Å². The molecule has 3 heteroatoms. The van der Waals surface area contributed by atoms with Gasteiger partial charge in [0.15, 0.2) is 0 Å². The number of hydrogen-bond acceptors (Lipinski definition) is 2. The van der Waals surface area contributed by atoms with Gasteiger partial charge in [-0.15, -0.1) is 0 Å². The molecule has 88 valence electrons. The molecular weight excluding hydrogens is 252 g/mol. The summed E-state index contributed by atoms with van der Waals surface area (Å²) in [5, 5.41) is 9.99. The van der Waals surface area contributed by atoms with Gasteiger partial charge in [-0.25, -0.2) is 0 Å². The van der Waals surface area contributed by atoms with Gasteiger partial charge < -0.3 is 5.11 Å². The van der Waals surface area contributed by atoms with Gasteiger partial charge in [-0.2, -0.15) is 0 Å². The summed E-state index contributed by atoms with van der Waals surface area (Å²) in [6.45, 7) is 2.11. The van der Waals surface area contributed by atoms with Crippen molar-refractivity contribution in [1.82, 2.24) is 0 Å². The second kappa shape index (κ2) is 5.58. The minimum atomic E-state index is 0.0331. The van der Waals surface area contributed by atoms with Crippen molar-refractivity contribution in [1.29, 1.82) is 0 Å². The Labute approximate surface area is 110 Å². The van der Waals surface area contributed by atoms with Crippen LogP contribution in [0.5, 0.6) is 0 Å². The molecule has 0 aliphatic rings. The van der Waals surface area contributed by atoms with E-state index in [0.717, 1.165) is 10.5 Å². The molecule has 17 heavy (non-hydrogen) atoms. The van der Waals surface area contributed by atoms with Crippen molar-refractivity contribution in [2.24, 2.45) is 0 Å². The van der Waals surface area contributed by atoms with E-state index < -0.39 is 0 Å². The lowest BCUT2D eigenvalue weighted by Gasteiger charge is -2.09. The summed E-state index contributed by atoms with van der Waals surface area (Å²) in [7, 11) is 0. The van der Waals surface area contributed by atoms with Gasteiger partial charge in [-0.05, 0) is 36.2 Å². The molecule has 0 atom stereocenters. The molecule has 0 saturated carbocycles. The Hall–Kier alpha value is -0.960. The lowest BCUT2D eigenvalue weighted by Crippen LogP contribution is -1.88. The van der Waals surface area contributed by atoms with Crippen LogP contribution in [-0.2, 0) is 6.61 Å². The molecule has 2 aromatic carbocycles. The van der Waals surface area contributed by atoms with Crippen LogP contribution in [0.1, 0.15) is 11.1 Å². The van der Waals surface area contributed by atoms with Crippen LogP contribution in [-0.4, -0.2) is 5.11 Å². The fraction of sp³-hybridized carbons (Fsp3) is 0.143. The number of benzene rings is 2. The predicted octanol–water partition coefficient (Wildman–Crippen LogP) is 4.29. The van der Waals surface area contributed by atoms with Crippen molar-refractivity contribution in [3.05, 3.63) is 58.6 Å². The van der Waals surface area contributed by atoms with E-state index in [0.29, 0.717) is 5.02 Å².